The van der Waals surface area contributed by atoms with Gasteiger partial charge in [-0.1, -0.05) is 12.1 Å². The fourth-order valence-electron chi connectivity index (χ4n) is 4.39. The van der Waals surface area contributed by atoms with Gasteiger partial charge in [-0.25, -0.2) is 8.42 Å². The molecule has 2 heterocycles. The van der Waals surface area contributed by atoms with Gasteiger partial charge in [-0.15, -0.1) is 0 Å². The Balaban J connectivity index is 1.36. The van der Waals surface area contributed by atoms with Gasteiger partial charge in [0.25, 0.3) is 5.91 Å². The van der Waals surface area contributed by atoms with Crippen LogP contribution in [-0.2, 0) is 21.4 Å². The van der Waals surface area contributed by atoms with Crippen molar-refractivity contribution in [2.45, 2.75) is 18.4 Å². The summed E-state index contributed by atoms with van der Waals surface area (Å²) < 4.78 is 27.3. The van der Waals surface area contributed by atoms with Crippen molar-refractivity contribution in [3.8, 4) is 0 Å². The Morgan fingerprint density at radius 1 is 0.886 bits per heavy atom. The number of anilines is 1. The Labute approximate surface area is 207 Å². The summed E-state index contributed by atoms with van der Waals surface area (Å²) in [5.74, 6) is -0.344. The van der Waals surface area contributed by atoms with E-state index >= 15 is 0 Å². The third-order valence-electron chi connectivity index (χ3n) is 6.63. The van der Waals surface area contributed by atoms with E-state index in [4.69, 9.17) is 0 Å². The van der Waals surface area contributed by atoms with Crippen LogP contribution in [0.2, 0.25) is 0 Å². The standard InChI is InChI=1S/C25H33N5O4S/c1-20(31)29-14-16-30(17-15-29)35(33,34)24-8-6-22(7-9-24)25(32)26-23-5-3-4-21(18-23)19-28-12-10-27(2)11-13-28/h3-9,18H,10-17,19H2,1-2H3,(H,26,32). The van der Waals surface area contributed by atoms with E-state index in [1.807, 2.05) is 18.2 Å². The number of nitrogens with one attached hydrogen (secondary N) is 1. The molecule has 2 amide bonds. The molecule has 0 aromatic heterocycles. The normalized spacial score (nSPS) is 18.4. The number of likely N-dealkylation sites (N-methyl/N-ethyl adjacent to an activating group) is 1. The molecule has 2 aliphatic rings. The van der Waals surface area contributed by atoms with Crippen molar-refractivity contribution in [1.29, 1.82) is 0 Å². The fourth-order valence-corrected chi connectivity index (χ4v) is 5.81. The highest BCUT2D eigenvalue weighted by molar-refractivity contribution is 7.89. The first-order valence-electron chi connectivity index (χ1n) is 11.9. The molecular formula is C25H33N5O4S. The van der Waals surface area contributed by atoms with Crippen molar-refractivity contribution in [2.75, 3.05) is 64.7 Å². The fraction of sp³-hybridized carbons (Fsp3) is 0.440. The SMILES string of the molecule is CC(=O)N1CCN(S(=O)(=O)c2ccc(C(=O)Nc3cccc(CN4CCN(C)CC4)c3)cc2)CC1. The van der Waals surface area contributed by atoms with Crippen LogP contribution in [-0.4, -0.2) is 98.6 Å². The van der Waals surface area contributed by atoms with Crippen molar-refractivity contribution in [1.82, 2.24) is 19.0 Å². The molecule has 188 valence electrons. The number of amides is 2. The number of benzene rings is 2. The molecule has 2 aromatic carbocycles. The Morgan fingerprint density at radius 2 is 1.54 bits per heavy atom. The molecule has 0 saturated carbocycles. The van der Waals surface area contributed by atoms with E-state index in [0.29, 0.717) is 24.3 Å². The van der Waals surface area contributed by atoms with Crippen LogP contribution in [0.25, 0.3) is 0 Å². The van der Waals surface area contributed by atoms with Gasteiger partial charge in [0.05, 0.1) is 4.90 Å². The lowest BCUT2D eigenvalue weighted by Crippen LogP contribution is -2.49. The van der Waals surface area contributed by atoms with Gasteiger partial charge in [-0.05, 0) is 49.0 Å². The first-order chi connectivity index (χ1) is 16.7. The highest BCUT2D eigenvalue weighted by Gasteiger charge is 2.29. The summed E-state index contributed by atoms with van der Waals surface area (Å²) in [5, 5.41) is 2.92. The molecule has 0 bridgehead atoms. The quantitative estimate of drug-likeness (QED) is 0.648. The van der Waals surface area contributed by atoms with E-state index in [2.05, 4.69) is 28.2 Å². The van der Waals surface area contributed by atoms with Gasteiger partial charge in [0.2, 0.25) is 15.9 Å². The molecule has 2 fully saturated rings. The predicted molar refractivity (Wildman–Crippen MR) is 135 cm³/mol. The van der Waals surface area contributed by atoms with Crippen molar-refractivity contribution < 1.29 is 18.0 Å². The van der Waals surface area contributed by atoms with E-state index in [1.165, 1.54) is 35.5 Å². The second kappa shape index (κ2) is 10.9. The van der Waals surface area contributed by atoms with Crippen LogP contribution in [0.1, 0.15) is 22.8 Å². The lowest BCUT2D eigenvalue weighted by molar-refractivity contribution is -0.129. The maximum atomic E-state index is 13.0. The minimum Gasteiger partial charge on any atom is -0.340 e. The maximum absolute atomic E-state index is 13.0. The third kappa shape index (κ3) is 6.26. The average Bonchev–Trinajstić information content (AvgIpc) is 2.86. The lowest BCUT2D eigenvalue weighted by Gasteiger charge is -2.33. The smallest absolute Gasteiger partial charge is 0.255 e. The molecule has 0 atom stereocenters. The molecule has 9 nitrogen and oxygen atoms in total. The summed E-state index contributed by atoms with van der Waals surface area (Å²) in [6.45, 7) is 7.74. The summed E-state index contributed by atoms with van der Waals surface area (Å²) in [6.07, 6.45) is 0. The number of carbonyl (C=O) groups excluding carboxylic acids is 2. The second-order valence-corrected chi connectivity index (χ2v) is 11.1. The first kappa shape index (κ1) is 25.3. The van der Waals surface area contributed by atoms with Crippen LogP contribution in [0.4, 0.5) is 5.69 Å². The molecule has 10 heteroatoms. The van der Waals surface area contributed by atoms with Gasteiger partial charge in [0.15, 0.2) is 0 Å². The molecular weight excluding hydrogens is 466 g/mol. The van der Waals surface area contributed by atoms with Crippen molar-refractivity contribution in [2.24, 2.45) is 0 Å². The number of piperazine rings is 2. The summed E-state index contributed by atoms with van der Waals surface area (Å²) >= 11 is 0. The summed E-state index contributed by atoms with van der Waals surface area (Å²) in [7, 11) is -1.55. The molecule has 4 rings (SSSR count). The van der Waals surface area contributed by atoms with E-state index in [9.17, 15) is 18.0 Å². The van der Waals surface area contributed by atoms with Crippen LogP contribution in [0.15, 0.2) is 53.4 Å². The molecule has 0 radical (unpaired) electrons. The van der Waals surface area contributed by atoms with Gasteiger partial charge >= 0.3 is 0 Å². The number of nitrogens with zero attached hydrogens (tertiary/aromatic N) is 4. The van der Waals surface area contributed by atoms with Gasteiger partial charge in [0, 0.05) is 77.1 Å². The second-order valence-electron chi connectivity index (χ2n) is 9.17. The van der Waals surface area contributed by atoms with Crippen molar-refractivity contribution >= 4 is 27.5 Å². The van der Waals surface area contributed by atoms with Crippen LogP contribution < -0.4 is 5.32 Å². The molecule has 0 spiro atoms. The zero-order valence-corrected chi connectivity index (χ0v) is 21.1. The number of hydrogen-bond acceptors (Lipinski definition) is 6. The molecule has 2 aliphatic heterocycles. The van der Waals surface area contributed by atoms with Crippen LogP contribution in [0, 0.1) is 0 Å². The van der Waals surface area contributed by atoms with Gasteiger partial charge in [0.1, 0.15) is 0 Å². The minimum absolute atomic E-state index is 0.0534. The summed E-state index contributed by atoms with van der Waals surface area (Å²) in [4.78, 5) is 30.8. The van der Waals surface area contributed by atoms with E-state index in [0.717, 1.165) is 38.3 Å². The molecule has 2 aromatic rings. The molecule has 35 heavy (non-hydrogen) atoms. The van der Waals surface area contributed by atoms with Gasteiger partial charge in [-0.2, -0.15) is 4.31 Å². The summed E-state index contributed by atoms with van der Waals surface area (Å²) in [5.41, 5.74) is 2.23. The minimum atomic E-state index is -3.68. The number of sulfonamides is 1. The highest BCUT2D eigenvalue weighted by atomic mass is 32.2. The highest BCUT2D eigenvalue weighted by Crippen LogP contribution is 2.20. The number of rotatable bonds is 6. The Kier molecular flexibility index (Phi) is 7.85. The molecule has 1 N–H and O–H groups in total. The Hall–Kier alpha value is -2.79. The van der Waals surface area contributed by atoms with Gasteiger partial charge in [-0.3, -0.25) is 14.5 Å². The van der Waals surface area contributed by atoms with Crippen LogP contribution >= 0.6 is 0 Å². The van der Waals surface area contributed by atoms with Gasteiger partial charge < -0.3 is 15.1 Å². The Bertz CT molecular complexity index is 1150. The average molecular weight is 500 g/mol. The number of hydrogen-bond donors (Lipinski definition) is 1. The first-order valence-corrected chi connectivity index (χ1v) is 13.3. The van der Waals surface area contributed by atoms with E-state index < -0.39 is 10.0 Å². The molecule has 0 unspecified atom stereocenters. The third-order valence-corrected chi connectivity index (χ3v) is 8.54. The van der Waals surface area contributed by atoms with Crippen molar-refractivity contribution in [3.63, 3.8) is 0 Å². The maximum Gasteiger partial charge on any atom is 0.255 e. The topological polar surface area (TPSA) is 93.3 Å². The molecule has 0 aliphatic carbocycles. The van der Waals surface area contributed by atoms with Crippen molar-refractivity contribution in [3.05, 3.63) is 59.7 Å². The monoisotopic (exact) mass is 499 g/mol. The summed E-state index contributed by atoms with van der Waals surface area (Å²) in [6, 6.07) is 13.8. The van der Waals surface area contributed by atoms with E-state index in [-0.39, 0.29) is 29.8 Å². The van der Waals surface area contributed by atoms with Crippen LogP contribution in [0.5, 0.6) is 0 Å². The lowest BCUT2D eigenvalue weighted by atomic mass is 10.1. The zero-order valence-electron chi connectivity index (χ0n) is 20.3. The van der Waals surface area contributed by atoms with Crippen LogP contribution in [0.3, 0.4) is 0 Å². The predicted octanol–water partition coefficient (Wildman–Crippen LogP) is 1.54. The number of carbonyl (C=O) groups is 2. The largest absolute Gasteiger partial charge is 0.340 e. The van der Waals surface area contributed by atoms with E-state index in [1.54, 1.807) is 4.90 Å². The zero-order chi connectivity index (χ0) is 25.0. The molecule has 2 saturated heterocycles. The Morgan fingerprint density at radius 3 is 2.17 bits per heavy atom.